The standard InChI is InChI=1S/C22H28N4O6S/c1-22(2,3)32-21(29)24-14-19(27)23-13-15-6-5-7-18(12-15)25-20(28)16-8-10-17(11-9-16)26-33(4,30)31/h5-12,26H,13-14H2,1-4H3,(H,23,27)(H,24,29)(H,25,28). The molecule has 11 heteroatoms. The highest BCUT2D eigenvalue weighted by Gasteiger charge is 2.16. The maximum atomic E-state index is 12.5. The molecule has 0 fully saturated rings. The van der Waals surface area contributed by atoms with Crippen molar-refractivity contribution in [3.8, 4) is 0 Å². The lowest BCUT2D eigenvalue weighted by molar-refractivity contribution is -0.120. The molecule has 0 saturated heterocycles. The number of rotatable bonds is 8. The number of amides is 3. The number of carbonyl (C=O) groups excluding carboxylic acids is 3. The molecule has 0 aliphatic heterocycles. The smallest absolute Gasteiger partial charge is 0.408 e. The second-order valence-electron chi connectivity index (χ2n) is 8.24. The van der Waals surface area contributed by atoms with Gasteiger partial charge in [0.25, 0.3) is 5.91 Å². The Morgan fingerprint density at radius 2 is 1.61 bits per heavy atom. The predicted octanol–water partition coefficient (Wildman–Crippen LogP) is 2.45. The van der Waals surface area contributed by atoms with Gasteiger partial charge >= 0.3 is 6.09 Å². The summed E-state index contributed by atoms with van der Waals surface area (Å²) in [4.78, 5) is 36.0. The first kappa shape index (κ1) is 25.7. The number of sulfonamides is 1. The van der Waals surface area contributed by atoms with Gasteiger partial charge in [-0.2, -0.15) is 0 Å². The van der Waals surface area contributed by atoms with Crippen molar-refractivity contribution in [2.45, 2.75) is 32.9 Å². The summed E-state index contributed by atoms with van der Waals surface area (Å²) >= 11 is 0. The second kappa shape index (κ2) is 10.8. The summed E-state index contributed by atoms with van der Waals surface area (Å²) in [5.74, 6) is -0.762. The van der Waals surface area contributed by atoms with E-state index in [9.17, 15) is 22.8 Å². The second-order valence-corrected chi connectivity index (χ2v) is 9.99. The number of hydrogen-bond acceptors (Lipinski definition) is 6. The largest absolute Gasteiger partial charge is 0.444 e. The van der Waals surface area contributed by atoms with Crippen molar-refractivity contribution < 1.29 is 27.5 Å². The number of carbonyl (C=O) groups is 3. The molecule has 0 bridgehead atoms. The molecular weight excluding hydrogens is 448 g/mol. The number of alkyl carbamates (subject to hydrolysis) is 1. The Bertz CT molecular complexity index is 1110. The average molecular weight is 477 g/mol. The molecule has 2 rings (SSSR count). The fraction of sp³-hybridized carbons (Fsp3) is 0.318. The summed E-state index contributed by atoms with van der Waals surface area (Å²) in [6.07, 6.45) is 0.364. The molecular formula is C22H28N4O6S. The molecule has 178 valence electrons. The molecule has 0 aliphatic rings. The van der Waals surface area contributed by atoms with Crippen LogP contribution in [-0.4, -0.2) is 44.7 Å². The number of anilines is 2. The fourth-order valence-electron chi connectivity index (χ4n) is 2.60. The monoisotopic (exact) mass is 476 g/mol. The minimum atomic E-state index is -3.40. The molecule has 10 nitrogen and oxygen atoms in total. The first-order chi connectivity index (χ1) is 15.3. The van der Waals surface area contributed by atoms with Gasteiger partial charge in [-0.1, -0.05) is 12.1 Å². The Kier molecular flexibility index (Phi) is 8.41. The topological polar surface area (TPSA) is 143 Å². The number of ether oxygens (including phenoxy) is 1. The number of hydrogen-bond donors (Lipinski definition) is 4. The molecule has 3 amide bonds. The molecule has 0 saturated carbocycles. The van der Waals surface area contributed by atoms with E-state index < -0.39 is 27.6 Å². The van der Waals surface area contributed by atoms with E-state index >= 15 is 0 Å². The zero-order valence-corrected chi connectivity index (χ0v) is 19.7. The van der Waals surface area contributed by atoms with E-state index in [1.54, 1.807) is 45.0 Å². The lowest BCUT2D eigenvalue weighted by Crippen LogP contribution is -2.39. The van der Waals surface area contributed by atoms with E-state index in [0.29, 0.717) is 16.9 Å². The van der Waals surface area contributed by atoms with Crippen molar-refractivity contribution in [2.75, 3.05) is 22.8 Å². The Hall–Kier alpha value is -3.60. The van der Waals surface area contributed by atoms with Crippen molar-refractivity contribution in [1.82, 2.24) is 10.6 Å². The van der Waals surface area contributed by atoms with Crippen LogP contribution in [0.2, 0.25) is 0 Å². The van der Waals surface area contributed by atoms with Crippen molar-refractivity contribution >= 4 is 39.3 Å². The van der Waals surface area contributed by atoms with Crippen molar-refractivity contribution in [3.63, 3.8) is 0 Å². The quantitative estimate of drug-likeness (QED) is 0.461. The number of nitrogens with one attached hydrogen (secondary N) is 4. The van der Waals surface area contributed by atoms with E-state index in [2.05, 4.69) is 20.7 Å². The van der Waals surface area contributed by atoms with Crippen LogP contribution in [0.5, 0.6) is 0 Å². The zero-order chi connectivity index (χ0) is 24.6. The Morgan fingerprint density at radius 1 is 0.939 bits per heavy atom. The normalized spacial score (nSPS) is 11.3. The Morgan fingerprint density at radius 3 is 2.21 bits per heavy atom. The average Bonchev–Trinajstić information content (AvgIpc) is 2.69. The van der Waals surface area contributed by atoms with Gasteiger partial charge in [-0.05, 0) is 62.7 Å². The molecule has 0 unspecified atom stereocenters. The maximum absolute atomic E-state index is 12.5. The molecule has 33 heavy (non-hydrogen) atoms. The minimum Gasteiger partial charge on any atom is -0.444 e. The van der Waals surface area contributed by atoms with E-state index in [1.165, 1.54) is 24.3 Å². The molecule has 0 spiro atoms. The van der Waals surface area contributed by atoms with Gasteiger partial charge in [0.15, 0.2) is 0 Å². The predicted molar refractivity (Wildman–Crippen MR) is 125 cm³/mol. The van der Waals surface area contributed by atoms with E-state index in [4.69, 9.17) is 4.74 Å². The van der Waals surface area contributed by atoms with Gasteiger partial charge in [-0.3, -0.25) is 14.3 Å². The summed E-state index contributed by atoms with van der Waals surface area (Å²) < 4.78 is 29.9. The van der Waals surface area contributed by atoms with Crippen LogP contribution in [0.1, 0.15) is 36.7 Å². The molecule has 0 atom stereocenters. The molecule has 2 aromatic rings. The Labute approximate surface area is 193 Å². The van der Waals surface area contributed by atoms with Crippen LogP contribution in [0.25, 0.3) is 0 Å². The van der Waals surface area contributed by atoms with Crippen LogP contribution in [-0.2, 0) is 26.1 Å². The van der Waals surface area contributed by atoms with Crippen LogP contribution in [0.3, 0.4) is 0 Å². The lowest BCUT2D eigenvalue weighted by Gasteiger charge is -2.19. The highest BCUT2D eigenvalue weighted by Crippen LogP contribution is 2.15. The van der Waals surface area contributed by atoms with E-state index in [1.807, 2.05) is 0 Å². The third-order valence-corrected chi connectivity index (χ3v) is 4.52. The third kappa shape index (κ3) is 10.0. The van der Waals surface area contributed by atoms with Crippen LogP contribution < -0.4 is 20.7 Å². The SMILES string of the molecule is CC(C)(C)OC(=O)NCC(=O)NCc1cccc(NC(=O)c2ccc(NS(C)(=O)=O)cc2)c1. The third-order valence-electron chi connectivity index (χ3n) is 3.92. The summed E-state index contributed by atoms with van der Waals surface area (Å²) in [6, 6.07) is 12.9. The molecule has 2 aromatic carbocycles. The van der Waals surface area contributed by atoms with E-state index in [0.717, 1.165) is 11.8 Å². The Balaban J connectivity index is 1.87. The summed E-state index contributed by atoms with van der Waals surface area (Å²) in [5, 5.41) is 7.81. The number of benzene rings is 2. The van der Waals surface area contributed by atoms with Gasteiger partial charge in [0.05, 0.1) is 6.26 Å². The molecule has 0 radical (unpaired) electrons. The summed E-state index contributed by atoms with van der Waals surface area (Å²) in [5.41, 5.74) is 1.32. The summed E-state index contributed by atoms with van der Waals surface area (Å²) in [7, 11) is -3.40. The van der Waals surface area contributed by atoms with Crippen LogP contribution in [0.15, 0.2) is 48.5 Å². The first-order valence-corrected chi connectivity index (χ1v) is 11.9. The maximum Gasteiger partial charge on any atom is 0.408 e. The van der Waals surface area contributed by atoms with Gasteiger partial charge in [0, 0.05) is 23.5 Å². The van der Waals surface area contributed by atoms with Crippen LogP contribution in [0.4, 0.5) is 16.2 Å². The fourth-order valence-corrected chi connectivity index (χ4v) is 3.16. The highest BCUT2D eigenvalue weighted by atomic mass is 32.2. The van der Waals surface area contributed by atoms with Gasteiger partial charge in [-0.25, -0.2) is 13.2 Å². The minimum absolute atomic E-state index is 0.199. The van der Waals surface area contributed by atoms with Gasteiger partial charge in [0.2, 0.25) is 15.9 Å². The molecule has 0 aromatic heterocycles. The van der Waals surface area contributed by atoms with Gasteiger partial charge in [-0.15, -0.1) is 0 Å². The molecule has 0 heterocycles. The molecule has 0 aliphatic carbocycles. The van der Waals surface area contributed by atoms with Crippen LogP contribution >= 0.6 is 0 Å². The lowest BCUT2D eigenvalue weighted by atomic mass is 10.1. The van der Waals surface area contributed by atoms with Crippen molar-refractivity contribution in [1.29, 1.82) is 0 Å². The van der Waals surface area contributed by atoms with Gasteiger partial charge < -0.3 is 20.7 Å². The van der Waals surface area contributed by atoms with E-state index in [-0.39, 0.29) is 19.0 Å². The zero-order valence-electron chi connectivity index (χ0n) is 18.9. The summed E-state index contributed by atoms with van der Waals surface area (Å²) in [6.45, 7) is 5.15. The van der Waals surface area contributed by atoms with Crippen LogP contribution in [0, 0.1) is 0 Å². The first-order valence-electron chi connectivity index (χ1n) is 10.0. The highest BCUT2D eigenvalue weighted by molar-refractivity contribution is 7.92. The molecule has 4 N–H and O–H groups in total. The van der Waals surface area contributed by atoms with Gasteiger partial charge in [0.1, 0.15) is 12.1 Å². The van der Waals surface area contributed by atoms with Crippen molar-refractivity contribution in [3.05, 3.63) is 59.7 Å². The van der Waals surface area contributed by atoms with Crippen molar-refractivity contribution in [2.24, 2.45) is 0 Å².